The van der Waals surface area contributed by atoms with E-state index in [-0.39, 0.29) is 16.7 Å². The van der Waals surface area contributed by atoms with E-state index in [0.717, 1.165) is 19.4 Å². The summed E-state index contributed by atoms with van der Waals surface area (Å²) in [7, 11) is -3.39. The summed E-state index contributed by atoms with van der Waals surface area (Å²) in [6.45, 7) is 3.74. The molecule has 1 fully saturated rings. The average Bonchev–Trinajstić information content (AvgIpc) is 3.06. The predicted octanol–water partition coefficient (Wildman–Crippen LogP) is 4.32. The Labute approximate surface area is 164 Å². The topological polar surface area (TPSA) is 72.2 Å². The standard InChI is InChI=1S/C20H24ClFN2O2S/c1-20(2,22)17-10-14(23)11-18(21)19(17)13-5-7-16(8-6-13)27(25,26)12-15-4-3-9-24-15/h5-8,10-11,15,24H,3-4,9,12,23H2,1-2H3. The highest BCUT2D eigenvalue weighted by molar-refractivity contribution is 7.91. The van der Waals surface area contributed by atoms with Crippen molar-refractivity contribution in [3.05, 3.63) is 47.0 Å². The van der Waals surface area contributed by atoms with Gasteiger partial charge in [0.1, 0.15) is 5.67 Å². The first-order chi connectivity index (χ1) is 12.6. The van der Waals surface area contributed by atoms with Gasteiger partial charge >= 0.3 is 0 Å². The summed E-state index contributed by atoms with van der Waals surface area (Å²) in [5.74, 6) is 0.0811. The number of nitrogens with one attached hydrogen (secondary N) is 1. The van der Waals surface area contributed by atoms with E-state index in [1.54, 1.807) is 36.4 Å². The molecule has 1 atom stereocenters. The Morgan fingerprint density at radius 3 is 2.48 bits per heavy atom. The third-order valence-electron chi connectivity index (χ3n) is 4.84. The first-order valence-corrected chi connectivity index (χ1v) is 11.0. The van der Waals surface area contributed by atoms with E-state index in [1.807, 2.05) is 0 Å². The molecule has 1 aliphatic rings. The molecule has 1 unspecified atom stereocenters. The van der Waals surface area contributed by atoms with Crippen LogP contribution >= 0.6 is 11.6 Å². The molecule has 3 rings (SSSR count). The number of sulfone groups is 1. The number of rotatable bonds is 5. The minimum absolute atomic E-state index is 0.000147. The van der Waals surface area contributed by atoms with Crippen molar-refractivity contribution in [1.29, 1.82) is 0 Å². The highest BCUT2D eigenvalue weighted by Gasteiger charge is 2.27. The number of nitrogen functional groups attached to an aromatic ring is 1. The minimum Gasteiger partial charge on any atom is -0.399 e. The number of hydrogen-bond donors (Lipinski definition) is 2. The molecular formula is C20H24ClFN2O2S. The predicted molar refractivity (Wildman–Crippen MR) is 109 cm³/mol. The molecule has 27 heavy (non-hydrogen) atoms. The fraction of sp³-hybridized carbons (Fsp3) is 0.400. The highest BCUT2D eigenvalue weighted by atomic mass is 35.5. The van der Waals surface area contributed by atoms with Crippen LogP contribution in [0.2, 0.25) is 5.02 Å². The Morgan fingerprint density at radius 1 is 1.26 bits per heavy atom. The molecule has 2 aromatic carbocycles. The number of benzene rings is 2. The van der Waals surface area contributed by atoms with Gasteiger partial charge in [0.15, 0.2) is 9.84 Å². The summed E-state index contributed by atoms with van der Waals surface area (Å²) in [4.78, 5) is 0.257. The summed E-state index contributed by atoms with van der Waals surface area (Å²) in [6.07, 6.45) is 1.86. The lowest BCUT2D eigenvalue weighted by Crippen LogP contribution is -2.29. The smallest absolute Gasteiger partial charge is 0.179 e. The van der Waals surface area contributed by atoms with E-state index in [9.17, 15) is 12.8 Å². The SMILES string of the molecule is CC(C)(F)c1cc(N)cc(Cl)c1-c1ccc(S(=O)(=O)CC2CCCN2)cc1. The second-order valence-corrected chi connectivity index (χ2v) is 9.94. The van der Waals surface area contributed by atoms with Crippen LogP contribution in [-0.4, -0.2) is 26.8 Å². The van der Waals surface area contributed by atoms with Crippen molar-refractivity contribution in [2.24, 2.45) is 0 Å². The molecule has 0 saturated carbocycles. The van der Waals surface area contributed by atoms with Gasteiger partial charge in [-0.3, -0.25) is 0 Å². The number of anilines is 1. The van der Waals surface area contributed by atoms with Crippen LogP contribution in [0.5, 0.6) is 0 Å². The molecule has 3 N–H and O–H groups in total. The Hall–Kier alpha value is -1.63. The maximum Gasteiger partial charge on any atom is 0.179 e. The first kappa shape index (κ1) is 20.1. The fourth-order valence-electron chi connectivity index (χ4n) is 3.48. The monoisotopic (exact) mass is 410 g/mol. The lowest BCUT2D eigenvalue weighted by Gasteiger charge is -2.21. The van der Waals surface area contributed by atoms with Crippen molar-refractivity contribution in [1.82, 2.24) is 5.32 Å². The lowest BCUT2D eigenvalue weighted by atomic mass is 9.90. The van der Waals surface area contributed by atoms with E-state index in [1.165, 1.54) is 13.8 Å². The fourth-order valence-corrected chi connectivity index (χ4v) is 5.37. The molecule has 1 heterocycles. The van der Waals surface area contributed by atoms with E-state index >= 15 is 0 Å². The maximum atomic E-state index is 14.7. The van der Waals surface area contributed by atoms with Crippen LogP contribution in [-0.2, 0) is 15.5 Å². The highest BCUT2D eigenvalue weighted by Crippen LogP contribution is 2.40. The summed E-state index contributed by atoms with van der Waals surface area (Å²) < 4.78 is 40.0. The molecule has 0 radical (unpaired) electrons. The van der Waals surface area contributed by atoms with Crippen LogP contribution in [0.1, 0.15) is 32.3 Å². The molecule has 146 valence electrons. The van der Waals surface area contributed by atoms with Crippen molar-refractivity contribution < 1.29 is 12.8 Å². The molecule has 0 spiro atoms. The summed E-state index contributed by atoms with van der Waals surface area (Å²) in [6, 6.07) is 9.59. The molecule has 0 aromatic heterocycles. The van der Waals surface area contributed by atoms with Crippen LogP contribution in [0.15, 0.2) is 41.3 Å². The number of hydrogen-bond acceptors (Lipinski definition) is 4. The van der Waals surface area contributed by atoms with Gasteiger partial charge in [-0.2, -0.15) is 0 Å². The Morgan fingerprint density at radius 2 is 1.93 bits per heavy atom. The van der Waals surface area contributed by atoms with Crippen LogP contribution in [0.25, 0.3) is 11.1 Å². The van der Waals surface area contributed by atoms with Gasteiger partial charge in [0.05, 0.1) is 15.7 Å². The van der Waals surface area contributed by atoms with Gasteiger partial charge in [-0.25, -0.2) is 12.8 Å². The molecular weight excluding hydrogens is 387 g/mol. The van der Waals surface area contributed by atoms with Gasteiger partial charge < -0.3 is 11.1 Å². The van der Waals surface area contributed by atoms with Gasteiger partial charge in [-0.1, -0.05) is 23.7 Å². The van der Waals surface area contributed by atoms with Crippen LogP contribution < -0.4 is 11.1 Å². The Balaban J connectivity index is 1.97. The van der Waals surface area contributed by atoms with Gasteiger partial charge in [-0.05, 0) is 68.6 Å². The number of nitrogens with two attached hydrogens (primary N) is 1. The quantitative estimate of drug-likeness (QED) is 0.720. The summed E-state index contributed by atoms with van der Waals surface area (Å²) in [5, 5.41) is 3.54. The molecule has 2 aromatic rings. The van der Waals surface area contributed by atoms with E-state index in [4.69, 9.17) is 17.3 Å². The normalized spacial score (nSPS) is 18.0. The zero-order valence-corrected chi connectivity index (χ0v) is 17.0. The molecule has 0 amide bonds. The van der Waals surface area contributed by atoms with Crippen molar-refractivity contribution in [3.8, 4) is 11.1 Å². The van der Waals surface area contributed by atoms with E-state index in [2.05, 4.69) is 5.32 Å². The van der Waals surface area contributed by atoms with Crippen molar-refractivity contribution in [2.75, 3.05) is 18.0 Å². The molecule has 7 heteroatoms. The third kappa shape index (κ3) is 4.45. The Bertz CT molecular complexity index is 932. The van der Waals surface area contributed by atoms with Gasteiger partial charge in [-0.15, -0.1) is 0 Å². The third-order valence-corrected chi connectivity index (χ3v) is 6.97. The second kappa shape index (κ2) is 7.41. The number of halogens is 2. The number of alkyl halides is 1. The van der Waals surface area contributed by atoms with Gasteiger partial charge in [0.25, 0.3) is 0 Å². The molecule has 1 aliphatic heterocycles. The van der Waals surface area contributed by atoms with E-state index in [0.29, 0.717) is 27.4 Å². The van der Waals surface area contributed by atoms with E-state index < -0.39 is 15.5 Å². The maximum absolute atomic E-state index is 14.7. The molecule has 0 aliphatic carbocycles. The van der Waals surface area contributed by atoms with Crippen molar-refractivity contribution in [3.63, 3.8) is 0 Å². The van der Waals surface area contributed by atoms with Gasteiger partial charge in [0.2, 0.25) is 0 Å². The van der Waals surface area contributed by atoms with Crippen LogP contribution in [0, 0.1) is 0 Å². The largest absolute Gasteiger partial charge is 0.399 e. The molecule has 0 bridgehead atoms. The van der Waals surface area contributed by atoms with Crippen LogP contribution in [0.3, 0.4) is 0 Å². The zero-order chi connectivity index (χ0) is 19.8. The average molecular weight is 411 g/mol. The lowest BCUT2D eigenvalue weighted by molar-refractivity contribution is 0.222. The molecule has 1 saturated heterocycles. The first-order valence-electron chi connectivity index (χ1n) is 8.93. The van der Waals surface area contributed by atoms with Crippen molar-refractivity contribution >= 4 is 27.1 Å². The zero-order valence-electron chi connectivity index (χ0n) is 15.4. The second-order valence-electron chi connectivity index (χ2n) is 7.50. The van der Waals surface area contributed by atoms with Crippen molar-refractivity contribution in [2.45, 2.75) is 43.3 Å². The summed E-state index contributed by atoms with van der Waals surface area (Å²) in [5.41, 5.74) is 6.11. The minimum atomic E-state index is -3.39. The summed E-state index contributed by atoms with van der Waals surface area (Å²) >= 11 is 6.35. The Kier molecular flexibility index (Phi) is 5.52. The van der Waals surface area contributed by atoms with Gasteiger partial charge in [0, 0.05) is 17.3 Å². The molecule has 4 nitrogen and oxygen atoms in total. The van der Waals surface area contributed by atoms with Crippen LogP contribution in [0.4, 0.5) is 10.1 Å².